The van der Waals surface area contributed by atoms with E-state index in [0.717, 1.165) is 5.56 Å². The number of carboxylic acids is 1. The summed E-state index contributed by atoms with van der Waals surface area (Å²) in [5, 5.41) is 13.2. The van der Waals surface area contributed by atoms with Crippen molar-refractivity contribution >= 4 is 35.0 Å². The Morgan fingerprint density at radius 1 is 1.08 bits per heavy atom. The molecule has 1 aromatic heterocycles. The van der Waals surface area contributed by atoms with E-state index in [2.05, 4.69) is 15.3 Å². The van der Waals surface area contributed by atoms with Crippen LogP contribution in [0.15, 0.2) is 54.7 Å². The molecule has 25 heavy (non-hydrogen) atoms. The van der Waals surface area contributed by atoms with Gasteiger partial charge in [-0.3, -0.25) is 0 Å². The molecule has 2 N–H and O–H groups in total. The molecule has 0 amide bonds. The molecule has 0 unspecified atom stereocenters. The maximum atomic E-state index is 11.4. The summed E-state index contributed by atoms with van der Waals surface area (Å²) in [6.45, 7) is 0.443. The van der Waals surface area contributed by atoms with Crippen molar-refractivity contribution in [3.8, 4) is 11.4 Å². The number of halogens is 2. The third-order valence-electron chi connectivity index (χ3n) is 3.50. The Balaban J connectivity index is 1.94. The van der Waals surface area contributed by atoms with Gasteiger partial charge in [0.05, 0.1) is 10.0 Å². The van der Waals surface area contributed by atoms with E-state index >= 15 is 0 Å². The van der Waals surface area contributed by atoms with Crippen LogP contribution in [-0.2, 0) is 6.54 Å². The monoisotopic (exact) mass is 373 g/mol. The van der Waals surface area contributed by atoms with Crippen LogP contribution in [-0.4, -0.2) is 21.0 Å². The molecule has 7 heteroatoms. The zero-order valence-corrected chi connectivity index (χ0v) is 14.4. The van der Waals surface area contributed by atoms with Crippen LogP contribution in [0.4, 0.5) is 5.82 Å². The molecule has 1 heterocycles. The number of nitrogens with one attached hydrogen (secondary N) is 1. The van der Waals surface area contributed by atoms with E-state index in [-0.39, 0.29) is 11.4 Å². The second kappa shape index (κ2) is 7.51. The van der Waals surface area contributed by atoms with Gasteiger partial charge in [-0.05, 0) is 23.8 Å². The maximum Gasteiger partial charge on any atom is 0.341 e. The van der Waals surface area contributed by atoms with Crippen molar-refractivity contribution in [3.63, 3.8) is 0 Å². The Hall–Kier alpha value is -2.63. The molecule has 0 spiro atoms. The van der Waals surface area contributed by atoms with Crippen LogP contribution in [0.2, 0.25) is 10.0 Å². The van der Waals surface area contributed by atoms with Crippen molar-refractivity contribution in [1.82, 2.24) is 9.97 Å². The van der Waals surface area contributed by atoms with Gasteiger partial charge in [-0.15, -0.1) is 0 Å². The first-order valence-corrected chi connectivity index (χ1v) is 8.14. The summed E-state index contributed by atoms with van der Waals surface area (Å²) in [6.07, 6.45) is 1.28. The van der Waals surface area contributed by atoms with Gasteiger partial charge < -0.3 is 10.4 Å². The average molecular weight is 374 g/mol. The molecule has 0 aliphatic rings. The fourth-order valence-electron chi connectivity index (χ4n) is 2.23. The van der Waals surface area contributed by atoms with Gasteiger partial charge in [-0.2, -0.15) is 0 Å². The topological polar surface area (TPSA) is 75.1 Å². The van der Waals surface area contributed by atoms with E-state index in [9.17, 15) is 9.90 Å². The minimum Gasteiger partial charge on any atom is -0.477 e. The number of rotatable bonds is 5. The Bertz CT molecular complexity index is 917. The Kier molecular flexibility index (Phi) is 5.16. The van der Waals surface area contributed by atoms with Gasteiger partial charge in [0.2, 0.25) is 0 Å². The minimum atomic E-state index is -1.10. The molecule has 0 bridgehead atoms. The van der Waals surface area contributed by atoms with E-state index in [4.69, 9.17) is 23.2 Å². The van der Waals surface area contributed by atoms with E-state index in [1.54, 1.807) is 18.2 Å². The van der Waals surface area contributed by atoms with Crippen molar-refractivity contribution in [3.05, 3.63) is 75.9 Å². The zero-order chi connectivity index (χ0) is 17.8. The van der Waals surface area contributed by atoms with Crippen LogP contribution in [0.25, 0.3) is 11.4 Å². The summed E-state index contributed by atoms with van der Waals surface area (Å²) < 4.78 is 0. The number of nitrogens with zero attached hydrogens (tertiary/aromatic N) is 2. The molecule has 0 fully saturated rings. The van der Waals surface area contributed by atoms with Gasteiger partial charge in [0.25, 0.3) is 0 Å². The fourth-order valence-corrected chi connectivity index (χ4v) is 2.53. The summed E-state index contributed by atoms with van der Waals surface area (Å²) >= 11 is 12.0. The highest BCUT2D eigenvalue weighted by molar-refractivity contribution is 6.42. The van der Waals surface area contributed by atoms with Crippen molar-refractivity contribution in [2.24, 2.45) is 0 Å². The van der Waals surface area contributed by atoms with E-state index in [1.165, 1.54) is 6.20 Å². The van der Waals surface area contributed by atoms with Crippen molar-refractivity contribution < 1.29 is 9.90 Å². The van der Waals surface area contributed by atoms with Gasteiger partial charge >= 0.3 is 5.97 Å². The molecule has 3 aromatic rings. The first-order chi connectivity index (χ1) is 12.0. The number of carboxylic acid groups (broad SMARTS) is 1. The molecule has 0 saturated carbocycles. The number of aromatic nitrogens is 2. The van der Waals surface area contributed by atoms with Gasteiger partial charge in [-0.1, -0.05) is 53.5 Å². The fraction of sp³-hybridized carbons (Fsp3) is 0.0556. The second-order valence-corrected chi connectivity index (χ2v) is 6.04. The highest BCUT2D eigenvalue weighted by atomic mass is 35.5. The first-order valence-electron chi connectivity index (χ1n) is 7.38. The Morgan fingerprint density at radius 2 is 1.84 bits per heavy atom. The van der Waals surface area contributed by atoms with E-state index in [1.807, 2.05) is 30.3 Å². The molecule has 3 rings (SSSR count). The van der Waals surface area contributed by atoms with Crippen LogP contribution in [0.1, 0.15) is 15.9 Å². The van der Waals surface area contributed by atoms with Crippen molar-refractivity contribution in [2.45, 2.75) is 6.54 Å². The minimum absolute atomic E-state index is 0.000239. The summed E-state index contributed by atoms with van der Waals surface area (Å²) in [5.74, 6) is -0.497. The lowest BCUT2D eigenvalue weighted by Gasteiger charge is -2.10. The lowest BCUT2D eigenvalue weighted by Crippen LogP contribution is -2.10. The summed E-state index contributed by atoms with van der Waals surface area (Å²) in [6, 6.07) is 14.6. The lowest BCUT2D eigenvalue weighted by molar-refractivity contribution is 0.0697. The third-order valence-corrected chi connectivity index (χ3v) is 4.24. The van der Waals surface area contributed by atoms with E-state index in [0.29, 0.717) is 28.0 Å². The third kappa shape index (κ3) is 4.07. The average Bonchev–Trinajstić information content (AvgIpc) is 2.63. The number of anilines is 1. The van der Waals surface area contributed by atoms with Crippen LogP contribution < -0.4 is 5.32 Å². The molecule has 0 saturated heterocycles. The number of carbonyl (C=O) groups is 1. The number of aromatic carboxylic acids is 1. The van der Waals surface area contributed by atoms with Crippen LogP contribution in [0.3, 0.4) is 0 Å². The zero-order valence-electron chi connectivity index (χ0n) is 12.9. The maximum absolute atomic E-state index is 11.4. The highest BCUT2D eigenvalue weighted by Crippen LogP contribution is 2.28. The largest absolute Gasteiger partial charge is 0.477 e. The predicted octanol–water partition coefficient (Wildman–Crippen LogP) is 4.76. The quantitative estimate of drug-likeness (QED) is 0.674. The van der Waals surface area contributed by atoms with Crippen LogP contribution in [0, 0.1) is 0 Å². The SMILES string of the molecule is O=C(O)c1cnc(-c2ccc(Cl)c(Cl)c2)nc1NCc1ccccc1. The van der Waals surface area contributed by atoms with Gasteiger partial charge in [-0.25, -0.2) is 14.8 Å². The normalized spacial score (nSPS) is 10.5. The smallest absolute Gasteiger partial charge is 0.341 e. The Morgan fingerprint density at radius 3 is 2.52 bits per heavy atom. The highest BCUT2D eigenvalue weighted by Gasteiger charge is 2.15. The number of hydrogen-bond donors (Lipinski definition) is 2. The van der Waals surface area contributed by atoms with Crippen molar-refractivity contribution in [2.75, 3.05) is 5.32 Å². The lowest BCUT2D eigenvalue weighted by atomic mass is 10.2. The van der Waals surface area contributed by atoms with Crippen molar-refractivity contribution in [1.29, 1.82) is 0 Å². The standard InChI is InChI=1S/C18H13Cl2N3O2/c19-14-7-6-12(8-15(14)20)16-22-10-13(18(24)25)17(23-16)21-9-11-4-2-1-3-5-11/h1-8,10H,9H2,(H,24,25)(H,21,22,23). The molecule has 0 aliphatic carbocycles. The van der Waals surface area contributed by atoms with Gasteiger partial charge in [0.1, 0.15) is 11.4 Å². The summed E-state index contributed by atoms with van der Waals surface area (Å²) in [5.41, 5.74) is 1.65. The molecule has 2 aromatic carbocycles. The molecule has 0 aliphatic heterocycles. The van der Waals surface area contributed by atoms with E-state index < -0.39 is 5.97 Å². The number of hydrogen-bond acceptors (Lipinski definition) is 4. The van der Waals surface area contributed by atoms with Crippen LogP contribution >= 0.6 is 23.2 Å². The molecular weight excluding hydrogens is 361 g/mol. The van der Waals surface area contributed by atoms with Gasteiger partial charge in [0, 0.05) is 18.3 Å². The van der Waals surface area contributed by atoms with Gasteiger partial charge in [0.15, 0.2) is 5.82 Å². The molecule has 0 atom stereocenters. The first kappa shape index (κ1) is 17.2. The van der Waals surface area contributed by atoms with Crippen LogP contribution in [0.5, 0.6) is 0 Å². The Labute approximate surface area is 154 Å². The second-order valence-electron chi connectivity index (χ2n) is 5.23. The molecule has 126 valence electrons. The molecular formula is C18H13Cl2N3O2. The predicted molar refractivity (Wildman–Crippen MR) is 98.2 cm³/mol. The molecule has 0 radical (unpaired) electrons. The number of benzene rings is 2. The summed E-state index contributed by atoms with van der Waals surface area (Å²) in [7, 11) is 0. The molecule has 5 nitrogen and oxygen atoms in total. The summed E-state index contributed by atoms with van der Waals surface area (Å²) in [4.78, 5) is 19.9.